The fraction of sp³-hybridized carbons (Fsp3) is 0.333. The molecule has 0 radical (unpaired) electrons. The number of amides is 1. The van der Waals surface area contributed by atoms with Crippen molar-refractivity contribution in [1.82, 2.24) is 5.32 Å². The molecule has 2 aromatic rings. The van der Waals surface area contributed by atoms with Gasteiger partial charge in [-0.3, -0.25) is 9.59 Å². The van der Waals surface area contributed by atoms with Gasteiger partial charge in [-0.15, -0.1) is 11.3 Å². The molecule has 0 saturated carbocycles. The fourth-order valence-corrected chi connectivity index (χ4v) is 2.69. The third kappa shape index (κ3) is 3.81. The van der Waals surface area contributed by atoms with Crippen LogP contribution in [0.1, 0.15) is 46.1 Å². The lowest BCUT2D eigenvalue weighted by Crippen LogP contribution is -2.26. The maximum absolute atomic E-state index is 11.9. The topological polar surface area (TPSA) is 59.3 Å². The minimum Gasteiger partial charge on any atom is -0.467 e. The van der Waals surface area contributed by atoms with E-state index in [0.29, 0.717) is 5.76 Å². The normalized spacial score (nSPS) is 12.1. The summed E-state index contributed by atoms with van der Waals surface area (Å²) in [7, 11) is 0. The molecule has 0 aliphatic rings. The molecule has 0 aromatic carbocycles. The molecular formula is C15H17NO3S. The standard InChI is InChI=1S/C15H17NO3S/c1-10-5-7-14(20-10)12(17)6-8-15(18)16-11(2)13-4-3-9-19-13/h3-5,7,9,11H,6,8H2,1-2H3,(H,16,18). The van der Waals surface area contributed by atoms with Crippen molar-refractivity contribution in [2.45, 2.75) is 32.7 Å². The van der Waals surface area contributed by atoms with Crippen molar-refractivity contribution in [2.75, 3.05) is 0 Å². The van der Waals surface area contributed by atoms with Gasteiger partial charge in [0.15, 0.2) is 5.78 Å². The minimum atomic E-state index is -0.184. The fourth-order valence-electron chi connectivity index (χ4n) is 1.86. The highest BCUT2D eigenvalue weighted by molar-refractivity contribution is 7.14. The average molecular weight is 291 g/mol. The van der Waals surface area contributed by atoms with Crippen molar-refractivity contribution < 1.29 is 14.0 Å². The summed E-state index contributed by atoms with van der Waals surface area (Å²) in [6, 6.07) is 7.13. The highest BCUT2D eigenvalue weighted by atomic mass is 32.1. The summed E-state index contributed by atoms with van der Waals surface area (Å²) in [5.41, 5.74) is 0. The van der Waals surface area contributed by atoms with Gasteiger partial charge >= 0.3 is 0 Å². The van der Waals surface area contributed by atoms with Crippen molar-refractivity contribution in [3.63, 3.8) is 0 Å². The van der Waals surface area contributed by atoms with Crippen LogP contribution >= 0.6 is 11.3 Å². The van der Waals surface area contributed by atoms with E-state index < -0.39 is 0 Å². The quantitative estimate of drug-likeness (QED) is 0.829. The molecule has 106 valence electrons. The van der Waals surface area contributed by atoms with Crippen molar-refractivity contribution in [1.29, 1.82) is 0 Å². The number of rotatable bonds is 6. The van der Waals surface area contributed by atoms with Crippen LogP contribution in [0.5, 0.6) is 0 Å². The van der Waals surface area contributed by atoms with Gasteiger partial charge in [0.2, 0.25) is 5.91 Å². The van der Waals surface area contributed by atoms with E-state index in [-0.39, 0.29) is 30.6 Å². The summed E-state index contributed by atoms with van der Waals surface area (Å²) in [6.45, 7) is 3.81. The largest absolute Gasteiger partial charge is 0.467 e. The van der Waals surface area contributed by atoms with Crippen molar-refractivity contribution >= 4 is 23.0 Å². The van der Waals surface area contributed by atoms with E-state index in [0.717, 1.165) is 9.75 Å². The molecule has 0 aliphatic carbocycles. The van der Waals surface area contributed by atoms with Gasteiger partial charge in [-0.05, 0) is 38.1 Å². The van der Waals surface area contributed by atoms with Gasteiger partial charge in [0, 0.05) is 17.7 Å². The Morgan fingerprint density at radius 1 is 1.30 bits per heavy atom. The summed E-state index contributed by atoms with van der Waals surface area (Å²) in [5.74, 6) is 0.581. The number of carbonyl (C=O) groups excluding carboxylic acids is 2. The molecule has 0 spiro atoms. The smallest absolute Gasteiger partial charge is 0.221 e. The Hall–Kier alpha value is -1.88. The van der Waals surface area contributed by atoms with E-state index in [9.17, 15) is 9.59 Å². The van der Waals surface area contributed by atoms with Gasteiger partial charge in [-0.1, -0.05) is 0 Å². The Bertz CT molecular complexity index is 586. The Labute approximate surface area is 121 Å². The Balaban J connectivity index is 1.79. The second kappa shape index (κ2) is 6.52. The Morgan fingerprint density at radius 2 is 2.10 bits per heavy atom. The number of ketones is 1. The van der Waals surface area contributed by atoms with Gasteiger partial charge in [0.25, 0.3) is 0 Å². The summed E-state index contributed by atoms with van der Waals surface area (Å²) < 4.78 is 5.21. The predicted octanol–water partition coefficient (Wildman–Crippen LogP) is 3.49. The third-order valence-corrected chi connectivity index (χ3v) is 3.98. The molecule has 5 heteroatoms. The maximum atomic E-state index is 11.9. The lowest BCUT2D eigenvalue weighted by Gasteiger charge is -2.10. The van der Waals surface area contributed by atoms with Crippen LogP contribution in [0.15, 0.2) is 34.9 Å². The average Bonchev–Trinajstić information content (AvgIpc) is 3.06. The molecule has 0 saturated heterocycles. The number of furan rings is 1. The first-order chi connectivity index (χ1) is 9.56. The van der Waals surface area contributed by atoms with E-state index >= 15 is 0 Å². The monoisotopic (exact) mass is 291 g/mol. The second-order valence-corrected chi connectivity index (χ2v) is 5.93. The number of hydrogen-bond donors (Lipinski definition) is 1. The van der Waals surface area contributed by atoms with Crippen LogP contribution in [-0.2, 0) is 4.79 Å². The molecule has 2 aromatic heterocycles. The van der Waals surface area contributed by atoms with Crippen LogP contribution in [0.4, 0.5) is 0 Å². The van der Waals surface area contributed by atoms with Crippen LogP contribution in [0.2, 0.25) is 0 Å². The van der Waals surface area contributed by atoms with Crippen LogP contribution in [-0.4, -0.2) is 11.7 Å². The van der Waals surface area contributed by atoms with E-state index in [1.807, 2.05) is 32.0 Å². The molecule has 0 fully saturated rings. The zero-order chi connectivity index (χ0) is 14.5. The highest BCUT2D eigenvalue weighted by Crippen LogP contribution is 2.18. The summed E-state index contributed by atoms with van der Waals surface area (Å²) in [5, 5.41) is 2.81. The Morgan fingerprint density at radius 3 is 2.70 bits per heavy atom. The highest BCUT2D eigenvalue weighted by Gasteiger charge is 2.14. The second-order valence-electron chi connectivity index (χ2n) is 4.64. The summed E-state index contributed by atoms with van der Waals surface area (Å²) in [6.07, 6.45) is 2.00. The van der Waals surface area contributed by atoms with Crippen LogP contribution in [0.25, 0.3) is 0 Å². The molecule has 0 bridgehead atoms. The lowest BCUT2D eigenvalue weighted by molar-refractivity contribution is -0.121. The van der Waals surface area contributed by atoms with Gasteiger partial charge in [-0.25, -0.2) is 0 Å². The number of Topliss-reactive ketones (excluding diaryl/α,β-unsaturated/α-hetero) is 1. The first-order valence-corrected chi connectivity index (χ1v) is 7.30. The van der Waals surface area contributed by atoms with Gasteiger partial charge in [-0.2, -0.15) is 0 Å². The van der Waals surface area contributed by atoms with E-state index in [2.05, 4.69) is 5.32 Å². The first kappa shape index (κ1) is 14.5. The van der Waals surface area contributed by atoms with Crippen molar-refractivity contribution in [2.24, 2.45) is 0 Å². The van der Waals surface area contributed by atoms with E-state index in [1.165, 1.54) is 11.3 Å². The van der Waals surface area contributed by atoms with Crippen LogP contribution in [0.3, 0.4) is 0 Å². The number of aryl methyl sites for hydroxylation is 1. The minimum absolute atomic E-state index is 0.0175. The van der Waals surface area contributed by atoms with Crippen molar-refractivity contribution in [3.05, 3.63) is 46.0 Å². The SMILES string of the molecule is Cc1ccc(C(=O)CCC(=O)NC(C)c2ccco2)s1. The summed E-state index contributed by atoms with van der Waals surface area (Å²) >= 11 is 1.46. The number of carbonyl (C=O) groups is 2. The predicted molar refractivity (Wildman–Crippen MR) is 77.9 cm³/mol. The number of hydrogen-bond acceptors (Lipinski definition) is 4. The first-order valence-electron chi connectivity index (χ1n) is 6.48. The van der Waals surface area contributed by atoms with Crippen LogP contribution < -0.4 is 5.32 Å². The third-order valence-electron chi connectivity index (χ3n) is 2.94. The molecule has 1 atom stereocenters. The van der Waals surface area contributed by atoms with Gasteiger partial charge in [0.1, 0.15) is 5.76 Å². The van der Waals surface area contributed by atoms with E-state index in [4.69, 9.17) is 4.42 Å². The Kier molecular flexibility index (Phi) is 4.74. The lowest BCUT2D eigenvalue weighted by atomic mass is 10.1. The molecule has 2 heterocycles. The van der Waals surface area contributed by atoms with Gasteiger partial charge in [0.05, 0.1) is 17.2 Å². The molecular weight excluding hydrogens is 274 g/mol. The van der Waals surface area contributed by atoms with Crippen LogP contribution in [0, 0.1) is 6.92 Å². The van der Waals surface area contributed by atoms with E-state index in [1.54, 1.807) is 12.3 Å². The zero-order valence-corrected chi connectivity index (χ0v) is 12.3. The molecule has 1 unspecified atom stereocenters. The van der Waals surface area contributed by atoms with Crippen molar-refractivity contribution in [3.8, 4) is 0 Å². The van der Waals surface area contributed by atoms with Gasteiger partial charge < -0.3 is 9.73 Å². The molecule has 20 heavy (non-hydrogen) atoms. The maximum Gasteiger partial charge on any atom is 0.221 e. The molecule has 1 N–H and O–H groups in total. The zero-order valence-electron chi connectivity index (χ0n) is 11.5. The molecule has 0 aliphatic heterocycles. The molecule has 2 rings (SSSR count). The summed E-state index contributed by atoms with van der Waals surface area (Å²) in [4.78, 5) is 25.5. The molecule has 1 amide bonds. The number of thiophene rings is 1. The number of nitrogens with one attached hydrogen (secondary N) is 1. The molecule has 4 nitrogen and oxygen atoms in total.